The Kier molecular flexibility index (Phi) is 4.68. The molecule has 1 N–H and O–H groups in total. The molecule has 0 saturated carbocycles. The van der Waals surface area contributed by atoms with E-state index in [1.807, 2.05) is 53.4 Å². The van der Waals surface area contributed by atoms with Crippen molar-refractivity contribution in [2.24, 2.45) is 0 Å². The summed E-state index contributed by atoms with van der Waals surface area (Å²) in [5.74, 6) is -0.0926. The molecule has 0 radical (unpaired) electrons. The molecular formula is C20H18N4O2S. The van der Waals surface area contributed by atoms with Gasteiger partial charge in [-0.25, -0.2) is 0 Å². The van der Waals surface area contributed by atoms with Gasteiger partial charge in [0, 0.05) is 17.8 Å². The number of fused-ring (bicyclic) bond motifs is 1. The van der Waals surface area contributed by atoms with Gasteiger partial charge in [0.1, 0.15) is 4.88 Å². The summed E-state index contributed by atoms with van der Waals surface area (Å²) in [4.78, 5) is 27.2. The monoisotopic (exact) mass is 378 g/mol. The Bertz CT molecular complexity index is 1000. The van der Waals surface area contributed by atoms with E-state index in [9.17, 15) is 9.59 Å². The SMILES string of the molecule is Cc1nnsc1C(=O)Nc1ccc2c(c1)CCC(=O)N2Cc1ccccc1. The van der Waals surface area contributed by atoms with Gasteiger partial charge >= 0.3 is 0 Å². The molecule has 0 fully saturated rings. The van der Waals surface area contributed by atoms with Gasteiger partial charge in [-0.1, -0.05) is 34.8 Å². The van der Waals surface area contributed by atoms with E-state index in [1.165, 1.54) is 0 Å². The zero-order valence-corrected chi connectivity index (χ0v) is 15.6. The number of amides is 2. The second-order valence-electron chi connectivity index (χ2n) is 6.45. The summed E-state index contributed by atoms with van der Waals surface area (Å²) in [6.45, 7) is 2.31. The Morgan fingerprint density at radius 1 is 1.19 bits per heavy atom. The predicted molar refractivity (Wildman–Crippen MR) is 105 cm³/mol. The largest absolute Gasteiger partial charge is 0.321 e. The lowest BCUT2D eigenvalue weighted by Gasteiger charge is -2.30. The van der Waals surface area contributed by atoms with Crippen LogP contribution in [0.25, 0.3) is 0 Å². The number of carbonyl (C=O) groups is 2. The van der Waals surface area contributed by atoms with E-state index >= 15 is 0 Å². The lowest BCUT2D eigenvalue weighted by molar-refractivity contribution is -0.119. The Morgan fingerprint density at radius 2 is 2.00 bits per heavy atom. The molecule has 0 atom stereocenters. The number of aromatic nitrogens is 2. The van der Waals surface area contributed by atoms with Gasteiger partial charge in [0.15, 0.2) is 0 Å². The number of hydrogen-bond acceptors (Lipinski definition) is 5. The standard InChI is InChI=1S/C20H18N4O2S/c1-13-19(27-23-22-13)20(26)21-16-8-9-17-15(11-16)7-10-18(25)24(17)12-14-5-3-2-4-6-14/h2-6,8-9,11H,7,10,12H2,1H3,(H,21,26). The Balaban J connectivity index is 1.57. The quantitative estimate of drug-likeness (QED) is 0.753. The summed E-state index contributed by atoms with van der Waals surface area (Å²) < 4.78 is 3.80. The first kappa shape index (κ1) is 17.4. The number of nitrogens with one attached hydrogen (secondary N) is 1. The lowest BCUT2D eigenvalue weighted by atomic mass is 9.99. The minimum atomic E-state index is -0.213. The molecule has 4 rings (SSSR count). The van der Waals surface area contributed by atoms with E-state index in [0.29, 0.717) is 35.6 Å². The highest BCUT2D eigenvalue weighted by atomic mass is 32.1. The maximum absolute atomic E-state index is 12.5. The Morgan fingerprint density at radius 3 is 2.74 bits per heavy atom. The average molecular weight is 378 g/mol. The summed E-state index contributed by atoms with van der Waals surface area (Å²) >= 11 is 1.08. The van der Waals surface area contributed by atoms with Crippen molar-refractivity contribution in [2.45, 2.75) is 26.3 Å². The maximum Gasteiger partial charge on any atom is 0.269 e. The van der Waals surface area contributed by atoms with Crippen LogP contribution in [0.4, 0.5) is 11.4 Å². The first-order chi connectivity index (χ1) is 13.1. The van der Waals surface area contributed by atoms with Crippen LogP contribution < -0.4 is 10.2 Å². The minimum Gasteiger partial charge on any atom is -0.321 e. The first-order valence-electron chi connectivity index (χ1n) is 8.69. The van der Waals surface area contributed by atoms with Gasteiger partial charge in [-0.2, -0.15) is 0 Å². The van der Waals surface area contributed by atoms with Crippen LogP contribution in [0, 0.1) is 6.92 Å². The Labute approximate surface area is 161 Å². The molecule has 1 aliphatic rings. The van der Waals surface area contributed by atoms with Crippen molar-refractivity contribution in [3.63, 3.8) is 0 Å². The van der Waals surface area contributed by atoms with Crippen molar-refractivity contribution in [2.75, 3.05) is 10.2 Å². The molecule has 27 heavy (non-hydrogen) atoms. The van der Waals surface area contributed by atoms with Gasteiger partial charge in [-0.15, -0.1) is 5.10 Å². The second-order valence-corrected chi connectivity index (χ2v) is 7.20. The number of aryl methyl sites for hydroxylation is 2. The molecule has 0 spiro atoms. The van der Waals surface area contributed by atoms with Crippen molar-refractivity contribution in [1.82, 2.24) is 9.59 Å². The molecule has 0 saturated heterocycles. The molecule has 7 heteroatoms. The fourth-order valence-corrected chi connectivity index (χ4v) is 3.76. The molecule has 6 nitrogen and oxygen atoms in total. The number of carbonyl (C=O) groups excluding carboxylic acids is 2. The van der Waals surface area contributed by atoms with Gasteiger partial charge in [-0.3, -0.25) is 9.59 Å². The van der Waals surface area contributed by atoms with Crippen molar-refractivity contribution in [1.29, 1.82) is 0 Å². The van der Waals surface area contributed by atoms with Crippen LogP contribution >= 0.6 is 11.5 Å². The van der Waals surface area contributed by atoms with Crippen LogP contribution in [0.5, 0.6) is 0 Å². The third kappa shape index (κ3) is 3.59. The van der Waals surface area contributed by atoms with E-state index in [2.05, 4.69) is 14.9 Å². The number of nitrogens with zero attached hydrogens (tertiary/aromatic N) is 3. The fourth-order valence-electron chi connectivity index (χ4n) is 3.20. The van der Waals surface area contributed by atoms with Gasteiger partial charge < -0.3 is 10.2 Å². The highest BCUT2D eigenvalue weighted by Gasteiger charge is 2.25. The molecular weight excluding hydrogens is 360 g/mol. The van der Waals surface area contributed by atoms with Crippen LogP contribution in [-0.4, -0.2) is 21.4 Å². The van der Waals surface area contributed by atoms with Gasteiger partial charge in [0.25, 0.3) is 5.91 Å². The van der Waals surface area contributed by atoms with E-state index < -0.39 is 0 Å². The van der Waals surface area contributed by atoms with Gasteiger partial charge in [0.2, 0.25) is 5.91 Å². The second kappa shape index (κ2) is 7.28. The lowest BCUT2D eigenvalue weighted by Crippen LogP contribution is -2.34. The summed E-state index contributed by atoms with van der Waals surface area (Å²) in [7, 11) is 0. The first-order valence-corrected chi connectivity index (χ1v) is 9.46. The number of benzene rings is 2. The molecule has 2 heterocycles. The topological polar surface area (TPSA) is 75.2 Å². The number of anilines is 2. The minimum absolute atomic E-state index is 0.120. The van der Waals surface area contributed by atoms with Crippen LogP contribution in [-0.2, 0) is 17.8 Å². The smallest absolute Gasteiger partial charge is 0.269 e. The predicted octanol–water partition coefficient (Wildman–Crippen LogP) is 3.58. The van der Waals surface area contributed by atoms with E-state index in [0.717, 1.165) is 28.3 Å². The molecule has 0 bridgehead atoms. The highest BCUT2D eigenvalue weighted by molar-refractivity contribution is 7.08. The van der Waals surface area contributed by atoms with E-state index in [1.54, 1.807) is 6.92 Å². The van der Waals surface area contributed by atoms with Crippen LogP contribution in [0.3, 0.4) is 0 Å². The summed E-state index contributed by atoms with van der Waals surface area (Å²) in [5, 5.41) is 6.77. The number of hydrogen-bond donors (Lipinski definition) is 1. The molecule has 1 aromatic heterocycles. The molecule has 0 unspecified atom stereocenters. The Hall–Kier alpha value is -3.06. The van der Waals surface area contributed by atoms with Crippen molar-refractivity contribution in [3.8, 4) is 0 Å². The summed E-state index contributed by atoms with van der Waals surface area (Å²) in [5.41, 5.74) is 4.38. The van der Waals surface area contributed by atoms with Gasteiger partial charge in [0.05, 0.1) is 12.2 Å². The average Bonchev–Trinajstić information content (AvgIpc) is 3.11. The molecule has 136 valence electrons. The zero-order chi connectivity index (χ0) is 18.8. The summed E-state index contributed by atoms with van der Waals surface area (Å²) in [6, 6.07) is 15.6. The number of rotatable bonds is 4. The third-order valence-electron chi connectivity index (χ3n) is 4.58. The van der Waals surface area contributed by atoms with Crippen LogP contribution in [0.15, 0.2) is 48.5 Å². The van der Waals surface area contributed by atoms with Crippen LogP contribution in [0.1, 0.15) is 32.9 Å². The van der Waals surface area contributed by atoms with Gasteiger partial charge in [-0.05, 0) is 54.2 Å². The normalized spacial score (nSPS) is 13.4. The van der Waals surface area contributed by atoms with Crippen molar-refractivity contribution in [3.05, 3.63) is 70.2 Å². The molecule has 2 amide bonds. The van der Waals surface area contributed by atoms with E-state index in [4.69, 9.17) is 0 Å². The molecule has 0 aliphatic carbocycles. The molecule has 1 aliphatic heterocycles. The maximum atomic E-state index is 12.5. The molecule has 3 aromatic rings. The van der Waals surface area contributed by atoms with Crippen molar-refractivity contribution < 1.29 is 9.59 Å². The zero-order valence-electron chi connectivity index (χ0n) is 14.8. The third-order valence-corrected chi connectivity index (χ3v) is 5.41. The summed E-state index contributed by atoms with van der Waals surface area (Å²) in [6.07, 6.45) is 1.14. The van der Waals surface area contributed by atoms with Crippen LogP contribution in [0.2, 0.25) is 0 Å². The van der Waals surface area contributed by atoms with E-state index in [-0.39, 0.29) is 11.8 Å². The highest BCUT2D eigenvalue weighted by Crippen LogP contribution is 2.31. The van der Waals surface area contributed by atoms with Crippen molar-refractivity contribution >= 4 is 34.7 Å². The molecule has 2 aromatic carbocycles. The fraction of sp³-hybridized carbons (Fsp3) is 0.200.